The van der Waals surface area contributed by atoms with E-state index in [9.17, 15) is 13.2 Å². The van der Waals surface area contributed by atoms with E-state index in [1.807, 2.05) is 31.2 Å². The van der Waals surface area contributed by atoms with Gasteiger partial charge in [0.05, 0.1) is 18.8 Å². The molecule has 0 saturated carbocycles. The second kappa shape index (κ2) is 6.49. The van der Waals surface area contributed by atoms with Crippen LogP contribution in [0.3, 0.4) is 0 Å². The Balaban J connectivity index is 2.63. The number of rotatable bonds is 5. The van der Waals surface area contributed by atoms with Crippen molar-refractivity contribution in [1.82, 2.24) is 9.62 Å². The largest absolute Gasteiger partial charge is 0.348 e. The summed E-state index contributed by atoms with van der Waals surface area (Å²) in [7, 11) is -1.97. The Bertz CT molecular complexity index is 560. The van der Waals surface area contributed by atoms with Crippen molar-refractivity contribution in [3.05, 3.63) is 34.3 Å². The number of hydrogen-bond donors (Lipinski definition) is 1. The molecule has 1 aromatic rings. The van der Waals surface area contributed by atoms with Crippen molar-refractivity contribution in [3.63, 3.8) is 0 Å². The van der Waals surface area contributed by atoms with Gasteiger partial charge in [0.2, 0.25) is 15.9 Å². The highest BCUT2D eigenvalue weighted by Crippen LogP contribution is 2.17. The Morgan fingerprint density at radius 1 is 1.47 bits per heavy atom. The molecule has 0 aromatic heterocycles. The molecule has 7 heteroatoms. The third kappa shape index (κ3) is 5.30. The molecule has 1 N–H and O–H groups in total. The van der Waals surface area contributed by atoms with Gasteiger partial charge >= 0.3 is 0 Å². The highest BCUT2D eigenvalue weighted by Gasteiger charge is 2.16. The van der Waals surface area contributed by atoms with E-state index in [0.717, 1.165) is 20.6 Å². The summed E-state index contributed by atoms with van der Waals surface area (Å²) in [5.41, 5.74) is 0.949. The molecule has 0 aliphatic carbocycles. The summed E-state index contributed by atoms with van der Waals surface area (Å²) >= 11 is 3.36. The van der Waals surface area contributed by atoms with Crippen molar-refractivity contribution >= 4 is 31.9 Å². The van der Waals surface area contributed by atoms with Crippen molar-refractivity contribution in [3.8, 4) is 0 Å². The van der Waals surface area contributed by atoms with Gasteiger partial charge < -0.3 is 5.32 Å². The highest BCUT2D eigenvalue weighted by molar-refractivity contribution is 9.10. The standard InChI is InChI=1S/C12H17BrN2O3S/c1-9(10-5-4-6-11(13)7-10)14-12(16)8-15(2)19(3,17)18/h4-7,9H,8H2,1-3H3,(H,14,16). The molecule has 1 aromatic carbocycles. The molecule has 0 aliphatic heterocycles. The van der Waals surface area contributed by atoms with E-state index < -0.39 is 10.0 Å². The van der Waals surface area contributed by atoms with Crippen LogP contribution in [0.4, 0.5) is 0 Å². The molecule has 1 rings (SSSR count). The maximum atomic E-state index is 11.7. The summed E-state index contributed by atoms with van der Waals surface area (Å²) in [6.07, 6.45) is 1.07. The predicted molar refractivity (Wildman–Crippen MR) is 78.2 cm³/mol. The molecule has 1 amide bonds. The number of nitrogens with one attached hydrogen (secondary N) is 1. The number of carbonyl (C=O) groups is 1. The molecule has 0 saturated heterocycles. The van der Waals surface area contributed by atoms with Crippen molar-refractivity contribution < 1.29 is 13.2 Å². The molecule has 0 radical (unpaired) electrons. The van der Waals surface area contributed by atoms with Gasteiger partial charge in [0.25, 0.3) is 0 Å². The molecule has 0 aliphatic rings. The number of carbonyl (C=O) groups excluding carboxylic acids is 1. The number of likely N-dealkylation sites (N-methyl/N-ethyl adjacent to an activating group) is 1. The molecule has 5 nitrogen and oxygen atoms in total. The molecule has 0 bridgehead atoms. The lowest BCUT2D eigenvalue weighted by Crippen LogP contribution is -2.38. The Kier molecular flexibility index (Phi) is 5.51. The SMILES string of the molecule is CC(NC(=O)CN(C)S(C)(=O)=O)c1cccc(Br)c1. The number of sulfonamides is 1. The van der Waals surface area contributed by atoms with Gasteiger partial charge in [-0.05, 0) is 24.6 Å². The van der Waals surface area contributed by atoms with Gasteiger partial charge in [-0.25, -0.2) is 8.42 Å². The van der Waals surface area contributed by atoms with Crippen LogP contribution in [0.2, 0.25) is 0 Å². The van der Waals surface area contributed by atoms with Gasteiger partial charge in [-0.15, -0.1) is 0 Å². The fraction of sp³-hybridized carbons (Fsp3) is 0.417. The Hall–Kier alpha value is -0.920. The normalized spacial score (nSPS) is 13.3. The van der Waals surface area contributed by atoms with Crippen LogP contribution >= 0.6 is 15.9 Å². The quantitative estimate of drug-likeness (QED) is 0.877. The summed E-state index contributed by atoms with van der Waals surface area (Å²) in [4.78, 5) is 11.7. The smallest absolute Gasteiger partial charge is 0.235 e. The molecule has 0 heterocycles. The van der Waals surface area contributed by atoms with Gasteiger partial charge in [-0.3, -0.25) is 4.79 Å². The fourth-order valence-electron chi connectivity index (χ4n) is 1.47. The average Bonchev–Trinajstić information content (AvgIpc) is 2.27. The van der Waals surface area contributed by atoms with Gasteiger partial charge in [0, 0.05) is 11.5 Å². The summed E-state index contributed by atoms with van der Waals surface area (Å²) < 4.78 is 24.4. The van der Waals surface area contributed by atoms with E-state index in [1.54, 1.807) is 0 Å². The van der Waals surface area contributed by atoms with Crippen molar-refractivity contribution in [2.45, 2.75) is 13.0 Å². The van der Waals surface area contributed by atoms with Crippen LogP contribution in [0, 0.1) is 0 Å². The number of benzene rings is 1. The first kappa shape index (κ1) is 16.1. The Labute approximate surface area is 122 Å². The van der Waals surface area contributed by atoms with Crippen LogP contribution in [0.5, 0.6) is 0 Å². The summed E-state index contributed by atoms with van der Waals surface area (Å²) in [5.74, 6) is -0.333. The van der Waals surface area contributed by atoms with E-state index in [2.05, 4.69) is 21.2 Å². The lowest BCUT2D eigenvalue weighted by Gasteiger charge is -2.18. The van der Waals surface area contributed by atoms with Crippen molar-refractivity contribution in [2.24, 2.45) is 0 Å². The minimum Gasteiger partial charge on any atom is -0.348 e. The van der Waals surface area contributed by atoms with Crippen LogP contribution < -0.4 is 5.32 Å². The molecule has 1 unspecified atom stereocenters. The topological polar surface area (TPSA) is 66.5 Å². The molecule has 0 spiro atoms. The summed E-state index contributed by atoms with van der Waals surface area (Å²) in [6, 6.07) is 7.40. The van der Waals surface area contributed by atoms with E-state index in [4.69, 9.17) is 0 Å². The van der Waals surface area contributed by atoms with E-state index in [0.29, 0.717) is 0 Å². The second-order valence-corrected chi connectivity index (χ2v) is 7.37. The van der Waals surface area contributed by atoms with E-state index >= 15 is 0 Å². The van der Waals surface area contributed by atoms with E-state index in [-0.39, 0.29) is 18.5 Å². The first-order chi connectivity index (χ1) is 8.70. The monoisotopic (exact) mass is 348 g/mol. The lowest BCUT2D eigenvalue weighted by molar-refractivity contribution is -0.121. The number of amides is 1. The van der Waals surface area contributed by atoms with Crippen LogP contribution in [0.15, 0.2) is 28.7 Å². The van der Waals surface area contributed by atoms with E-state index in [1.165, 1.54) is 7.05 Å². The summed E-state index contributed by atoms with van der Waals surface area (Å²) in [5, 5.41) is 2.76. The Morgan fingerprint density at radius 2 is 2.11 bits per heavy atom. The maximum Gasteiger partial charge on any atom is 0.235 e. The third-order valence-electron chi connectivity index (χ3n) is 2.66. The van der Waals surface area contributed by atoms with Crippen molar-refractivity contribution in [1.29, 1.82) is 0 Å². The first-order valence-electron chi connectivity index (χ1n) is 5.66. The van der Waals surface area contributed by atoms with Gasteiger partial charge in [-0.1, -0.05) is 28.1 Å². The second-order valence-electron chi connectivity index (χ2n) is 4.36. The molecular weight excluding hydrogens is 332 g/mol. The minimum absolute atomic E-state index is 0.182. The highest BCUT2D eigenvalue weighted by atomic mass is 79.9. The number of nitrogens with zero attached hydrogens (tertiary/aromatic N) is 1. The van der Waals surface area contributed by atoms with Crippen molar-refractivity contribution in [2.75, 3.05) is 19.8 Å². The summed E-state index contributed by atoms with van der Waals surface area (Å²) in [6.45, 7) is 1.66. The van der Waals surface area contributed by atoms with Gasteiger partial charge in [0.1, 0.15) is 0 Å². The number of halogens is 1. The maximum absolute atomic E-state index is 11.7. The fourth-order valence-corrected chi connectivity index (χ4v) is 2.23. The molecular formula is C12H17BrN2O3S. The predicted octanol–water partition coefficient (Wildman–Crippen LogP) is 1.52. The minimum atomic E-state index is -3.34. The van der Waals surface area contributed by atoms with Crippen LogP contribution in [-0.2, 0) is 14.8 Å². The molecule has 1 atom stereocenters. The molecule has 19 heavy (non-hydrogen) atoms. The Morgan fingerprint density at radius 3 is 2.63 bits per heavy atom. The molecule has 0 fully saturated rings. The average molecular weight is 349 g/mol. The zero-order valence-corrected chi connectivity index (χ0v) is 13.5. The van der Waals surface area contributed by atoms with Crippen LogP contribution in [0.25, 0.3) is 0 Å². The zero-order chi connectivity index (χ0) is 14.6. The lowest BCUT2D eigenvalue weighted by atomic mass is 10.1. The zero-order valence-electron chi connectivity index (χ0n) is 11.1. The van der Waals surface area contributed by atoms with Gasteiger partial charge in [-0.2, -0.15) is 4.31 Å². The first-order valence-corrected chi connectivity index (χ1v) is 8.30. The molecule has 106 valence electrons. The van der Waals surface area contributed by atoms with Crippen LogP contribution in [0.1, 0.15) is 18.5 Å². The third-order valence-corrected chi connectivity index (χ3v) is 4.41. The number of hydrogen-bond acceptors (Lipinski definition) is 3. The van der Waals surface area contributed by atoms with Gasteiger partial charge in [0.15, 0.2) is 0 Å². The van der Waals surface area contributed by atoms with Crippen LogP contribution in [-0.4, -0.2) is 38.5 Å².